The van der Waals surface area contributed by atoms with Crippen LogP contribution >= 0.6 is 22.6 Å². The fourth-order valence-electron chi connectivity index (χ4n) is 1.70. The van der Waals surface area contributed by atoms with Crippen LogP contribution in [0.2, 0.25) is 0 Å². The van der Waals surface area contributed by atoms with E-state index in [9.17, 15) is 4.79 Å². The van der Waals surface area contributed by atoms with Gasteiger partial charge in [-0.1, -0.05) is 12.1 Å². The van der Waals surface area contributed by atoms with Gasteiger partial charge in [0, 0.05) is 3.57 Å². The molecule has 0 radical (unpaired) electrons. The summed E-state index contributed by atoms with van der Waals surface area (Å²) in [5.74, 6) is -0.0984. The van der Waals surface area contributed by atoms with Crippen molar-refractivity contribution >= 4 is 28.6 Å². The molecule has 0 N–H and O–H groups in total. The Labute approximate surface area is 96.8 Å². The van der Waals surface area contributed by atoms with Crippen molar-refractivity contribution in [2.75, 3.05) is 7.11 Å². The fraction of sp³-hybridized carbons (Fsp3) is 0.364. The summed E-state index contributed by atoms with van der Waals surface area (Å²) < 4.78 is 6.01. The van der Waals surface area contributed by atoms with Crippen molar-refractivity contribution < 1.29 is 9.53 Å². The zero-order valence-corrected chi connectivity index (χ0v) is 10.1. The second kappa shape index (κ2) is 3.53. The van der Waals surface area contributed by atoms with Gasteiger partial charge in [-0.25, -0.2) is 0 Å². The third-order valence-corrected chi connectivity index (χ3v) is 3.44. The van der Waals surface area contributed by atoms with Gasteiger partial charge in [0.05, 0.1) is 12.5 Å². The summed E-state index contributed by atoms with van der Waals surface area (Å²) in [4.78, 5) is 11.6. The minimum atomic E-state index is -0.320. The summed E-state index contributed by atoms with van der Waals surface area (Å²) >= 11 is 2.26. The number of esters is 1. The van der Waals surface area contributed by atoms with Crippen LogP contribution in [0.5, 0.6) is 0 Å². The van der Waals surface area contributed by atoms with Crippen molar-refractivity contribution in [1.82, 2.24) is 0 Å². The monoisotopic (exact) mass is 302 g/mol. The predicted molar refractivity (Wildman–Crippen MR) is 62.1 cm³/mol. The van der Waals surface area contributed by atoms with E-state index in [1.807, 2.05) is 24.3 Å². The van der Waals surface area contributed by atoms with Crippen molar-refractivity contribution in [3.63, 3.8) is 0 Å². The van der Waals surface area contributed by atoms with Gasteiger partial charge in [0.25, 0.3) is 0 Å². The minimum absolute atomic E-state index is 0.0984. The molecule has 1 aromatic rings. The number of benzene rings is 1. The van der Waals surface area contributed by atoms with Crippen LogP contribution in [0.15, 0.2) is 24.3 Å². The molecule has 0 aromatic heterocycles. The van der Waals surface area contributed by atoms with Crippen LogP contribution in [0, 0.1) is 3.57 Å². The molecule has 74 valence electrons. The van der Waals surface area contributed by atoms with Crippen LogP contribution in [-0.2, 0) is 14.9 Å². The topological polar surface area (TPSA) is 26.3 Å². The highest BCUT2D eigenvalue weighted by Gasteiger charge is 2.52. The van der Waals surface area contributed by atoms with E-state index in [2.05, 4.69) is 22.6 Å². The number of ether oxygens (including phenoxy) is 1. The molecule has 14 heavy (non-hydrogen) atoms. The molecule has 2 nitrogen and oxygen atoms in total. The lowest BCUT2D eigenvalue weighted by molar-refractivity contribution is -0.143. The zero-order chi connectivity index (χ0) is 10.2. The molecule has 1 saturated carbocycles. The van der Waals surface area contributed by atoms with Crippen LogP contribution in [0.3, 0.4) is 0 Å². The van der Waals surface area contributed by atoms with Crippen LogP contribution in [0.4, 0.5) is 0 Å². The van der Waals surface area contributed by atoms with Crippen LogP contribution < -0.4 is 0 Å². The first-order chi connectivity index (χ1) is 6.69. The number of methoxy groups -OCH3 is 1. The fourth-order valence-corrected chi connectivity index (χ4v) is 2.06. The molecule has 0 bridgehead atoms. The van der Waals surface area contributed by atoms with E-state index < -0.39 is 0 Å². The third kappa shape index (κ3) is 1.54. The molecule has 1 aliphatic rings. The molecule has 0 atom stereocenters. The van der Waals surface area contributed by atoms with E-state index in [0.29, 0.717) is 0 Å². The summed E-state index contributed by atoms with van der Waals surface area (Å²) in [6.07, 6.45) is 1.83. The number of hydrogen-bond donors (Lipinski definition) is 0. The van der Waals surface area contributed by atoms with E-state index in [4.69, 9.17) is 4.74 Å². The molecule has 0 spiro atoms. The average molecular weight is 302 g/mol. The predicted octanol–water partition coefficient (Wildman–Crippen LogP) is 2.50. The highest BCUT2D eigenvalue weighted by atomic mass is 127. The number of hydrogen-bond acceptors (Lipinski definition) is 2. The minimum Gasteiger partial charge on any atom is -0.468 e. The molecule has 3 heteroatoms. The van der Waals surface area contributed by atoms with E-state index in [1.165, 1.54) is 10.7 Å². The van der Waals surface area contributed by atoms with E-state index >= 15 is 0 Å². The zero-order valence-electron chi connectivity index (χ0n) is 7.92. The van der Waals surface area contributed by atoms with Crippen molar-refractivity contribution in [3.05, 3.63) is 33.4 Å². The van der Waals surface area contributed by atoms with E-state index in [0.717, 1.165) is 18.4 Å². The lowest BCUT2D eigenvalue weighted by Gasteiger charge is -2.12. The Morgan fingerprint density at radius 1 is 1.36 bits per heavy atom. The third-order valence-electron chi connectivity index (χ3n) is 2.72. The second-order valence-electron chi connectivity index (χ2n) is 3.58. The van der Waals surface area contributed by atoms with E-state index in [-0.39, 0.29) is 11.4 Å². The molecule has 1 aromatic carbocycles. The normalized spacial score (nSPS) is 17.6. The van der Waals surface area contributed by atoms with Gasteiger partial charge in [-0.05, 0) is 53.1 Å². The van der Waals surface area contributed by atoms with Gasteiger partial charge in [0.2, 0.25) is 0 Å². The number of carbonyl (C=O) groups excluding carboxylic acids is 1. The summed E-state index contributed by atoms with van der Waals surface area (Å²) in [6, 6.07) is 8.09. The first kappa shape index (κ1) is 9.96. The van der Waals surface area contributed by atoms with Crippen LogP contribution in [0.1, 0.15) is 18.4 Å². The molecule has 0 unspecified atom stereocenters. The maximum Gasteiger partial charge on any atom is 0.316 e. The van der Waals surface area contributed by atoms with Gasteiger partial charge in [-0.3, -0.25) is 4.79 Å². The summed E-state index contributed by atoms with van der Waals surface area (Å²) in [6.45, 7) is 0. The summed E-state index contributed by atoms with van der Waals surface area (Å²) in [5.41, 5.74) is 0.767. The first-order valence-corrected chi connectivity index (χ1v) is 5.61. The Kier molecular flexibility index (Phi) is 2.51. The Hall–Kier alpha value is -0.580. The van der Waals surface area contributed by atoms with Gasteiger partial charge in [-0.15, -0.1) is 0 Å². The van der Waals surface area contributed by atoms with Gasteiger partial charge < -0.3 is 4.74 Å². The Bertz CT molecular complexity index is 352. The Balaban J connectivity index is 2.31. The molecule has 0 saturated heterocycles. The van der Waals surface area contributed by atoms with Crippen molar-refractivity contribution in [2.24, 2.45) is 0 Å². The summed E-state index contributed by atoms with van der Waals surface area (Å²) in [5, 5.41) is 0. The maximum absolute atomic E-state index is 11.6. The molecular formula is C11H11IO2. The molecule has 1 fully saturated rings. The smallest absolute Gasteiger partial charge is 0.316 e. The molecule has 0 heterocycles. The SMILES string of the molecule is COC(=O)C1(c2ccc(I)cc2)CC1. The van der Waals surface area contributed by atoms with Gasteiger partial charge >= 0.3 is 5.97 Å². The molecule has 1 aliphatic carbocycles. The Morgan fingerprint density at radius 3 is 2.36 bits per heavy atom. The van der Waals surface area contributed by atoms with Crippen molar-refractivity contribution in [3.8, 4) is 0 Å². The van der Waals surface area contributed by atoms with Gasteiger partial charge in [-0.2, -0.15) is 0 Å². The molecule has 0 aliphatic heterocycles. The van der Waals surface area contributed by atoms with Crippen molar-refractivity contribution in [1.29, 1.82) is 0 Å². The average Bonchev–Trinajstić information content (AvgIpc) is 2.99. The molecular weight excluding hydrogens is 291 g/mol. The number of carbonyl (C=O) groups is 1. The van der Waals surface area contributed by atoms with Gasteiger partial charge in [0.15, 0.2) is 0 Å². The molecule has 0 amide bonds. The lowest BCUT2D eigenvalue weighted by atomic mass is 9.96. The van der Waals surface area contributed by atoms with Gasteiger partial charge in [0.1, 0.15) is 0 Å². The van der Waals surface area contributed by atoms with Crippen LogP contribution in [-0.4, -0.2) is 13.1 Å². The highest BCUT2D eigenvalue weighted by Crippen LogP contribution is 2.49. The largest absolute Gasteiger partial charge is 0.468 e. The highest BCUT2D eigenvalue weighted by molar-refractivity contribution is 14.1. The second-order valence-corrected chi connectivity index (χ2v) is 4.83. The first-order valence-electron chi connectivity index (χ1n) is 4.53. The van der Waals surface area contributed by atoms with Crippen molar-refractivity contribution in [2.45, 2.75) is 18.3 Å². The van der Waals surface area contributed by atoms with Crippen LogP contribution in [0.25, 0.3) is 0 Å². The quantitative estimate of drug-likeness (QED) is 0.620. The van der Waals surface area contributed by atoms with E-state index in [1.54, 1.807) is 0 Å². The maximum atomic E-state index is 11.6. The number of rotatable bonds is 2. The lowest BCUT2D eigenvalue weighted by Crippen LogP contribution is -2.21. The molecule has 2 rings (SSSR count). The standard InChI is InChI=1S/C11H11IO2/c1-14-10(13)11(6-7-11)8-2-4-9(12)5-3-8/h2-5H,6-7H2,1H3. The Morgan fingerprint density at radius 2 is 1.93 bits per heavy atom. The number of halogens is 1. The summed E-state index contributed by atoms with van der Waals surface area (Å²) in [7, 11) is 1.45.